The van der Waals surface area contributed by atoms with Crippen LogP contribution in [0.1, 0.15) is 12.5 Å². The number of ether oxygens (including phenoxy) is 2. The molecule has 0 spiro atoms. The van der Waals surface area contributed by atoms with Gasteiger partial charge in [-0.05, 0) is 25.1 Å². The number of halogens is 1. The van der Waals surface area contributed by atoms with E-state index in [4.69, 9.17) is 4.74 Å². The second-order valence-corrected chi connectivity index (χ2v) is 4.13. The highest BCUT2D eigenvalue weighted by atomic mass is 19.1. The highest BCUT2D eigenvalue weighted by Crippen LogP contribution is 2.44. The number of hydrogen-bond acceptors (Lipinski definition) is 4. The lowest BCUT2D eigenvalue weighted by molar-refractivity contribution is -0.162. The molecule has 0 saturated carbocycles. The number of benzene rings is 1. The predicted octanol–water partition coefficient (Wildman–Crippen LogP) is 1.40. The van der Waals surface area contributed by atoms with E-state index >= 15 is 0 Å². The molecule has 0 saturated heterocycles. The van der Waals surface area contributed by atoms with Crippen molar-refractivity contribution in [1.29, 1.82) is 0 Å². The Kier molecular flexibility index (Phi) is 3.18. The van der Waals surface area contributed by atoms with Crippen LogP contribution in [0.15, 0.2) is 18.2 Å². The molecule has 0 fully saturated rings. The maximum atomic E-state index is 14.9. The number of rotatable bonds is 3. The van der Waals surface area contributed by atoms with Gasteiger partial charge in [-0.25, -0.2) is 9.18 Å². The minimum Gasteiger partial charge on any atom is -0.497 e. The maximum Gasteiger partial charge on any atom is 0.358 e. The number of carbonyl (C=O) groups excluding carboxylic acids is 2. The largest absolute Gasteiger partial charge is 0.497 e. The smallest absolute Gasteiger partial charge is 0.358 e. The van der Waals surface area contributed by atoms with E-state index in [9.17, 15) is 14.0 Å². The van der Waals surface area contributed by atoms with E-state index in [1.165, 1.54) is 26.3 Å². The maximum absolute atomic E-state index is 14.9. The molecular weight excluding hydrogens is 253 g/mol. The Morgan fingerprint density at radius 3 is 2.74 bits per heavy atom. The van der Waals surface area contributed by atoms with Crippen molar-refractivity contribution in [3.63, 3.8) is 0 Å². The molecule has 1 amide bonds. The molecule has 1 unspecified atom stereocenters. The Morgan fingerprint density at radius 2 is 2.16 bits per heavy atom. The van der Waals surface area contributed by atoms with Gasteiger partial charge in [-0.15, -0.1) is 0 Å². The third-order valence-corrected chi connectivity index (χ3v) is 3.09. The van der Waals surface area contributed by atoms with Crippen LogP contribution in [0.25, 0.3) is 0 Å². The lowest BCUT2D eigenvalue weighted by Gasteiger charge is -2.16. The van der Waals surface area contributed by atoms with Crippen molar-refractivity contribution < 1.29 is 23.5 Å². The van der Waals surface area contributed by atoms with Crippen molar-refractivity contribution in [1.82, 2.24) is 0 Å². The second-order valence-electron chi connectivity index (χ2n) is 4.13. The van der Waals surface area contributed by atoms with Crippen LogP contribution >= 0.6 is 0 Å². The van der Waals surface area contributed by atoms with E-state index in [-0.39, 0.29) is 12.2 Å². The summed E-state index contributed by atoms with van der Waals surface area (Å²) in [5.74, 6) is -1.78. The standard InChI is InChI=1S/C13H14FNO4/c1-4-19-12(17)13(14)9-7-8(18-3)5-6-10(9)15(2)11(13)16/h5-7H,4H2,1-3H3. The number of alkyl halides is 1. The Balaban J connectivity index is 2.59. The highest BCUT2D eigenvalue weighted by molar-refractivity contribution is 6.18. The van der Waals surface area contributed by atoms with Crippen molar-refractivity contribution in [2.45, 2.75) is 12.6 Å². The first-order chi connectivity index (χ1) is 8.96. The molecule has 102 valence electrons. The third-order valence-electron chi connectivity index (χ3n) is 3.09. The number of fused-ring (bicyclic) bond motifs is 1. The molecule has 0 aliphatic carbocycles. The summed E-state index contributed by atoms with van der Waals surface area (Å²) < 4.78 is 24.6. The Morgan fingerprint density at radius 1 is 1.47 bits per heavy atom. The summed E-state index contributed by atoms with van der Waals surface area (Å²) in [5.41, 5.74) is -2.51. The fourth-order valence-corrected chi connectivity index (χ4v) is 2.09. The zero-order valence-electron chi connectivity index (χ0n) is 10.9. The van der Waals surface area contributed by atoms with E-state index in [0.717, 1.165) is 4.90 Å². The molecule has 2 rings (SSSR count). The molecule has 0 aromatic heterocycles. The number of likely N-dealkylation sites (N-methyl/N-ethyl adjacent to an activating group) is 1. The lowest BCUT2D eigenvalue weighted by atomic mass is 9.97. The first-order valence-corrected chi connectivity index (χ1v) is 5.79. The second kappa shape index (κ2) is 4.53. The lowest BCUT2D eigenvalue weighted by Crippen LogP contribution is -2.42. The van der Waals surface area contributed by atoms with Crippen molar-refractivity contribution in [2.24, 2.45) is 0 Å². The van der Waals surface area contributed by atoms with Gasteiger partial charge >= 0.3 is 11.6 Å². The predicted molar refractivity (Wildman–Crippen MR) is 65.8 cm³/mol. The molecule has 1 aliphatic rings. The molecule has 0 radical (unpaired) electrons. The molecule has 1 heterocycles. The SMILES string of the molecule is CCOC(=O)C1(F)C(=O)N(C)c2ccc(OC)cc21. The van der Waals surface area contributed by atoms with Gasteiger partial charge in [-0.2, -0.15) is 0 Å². The number of methoxy groups -OCH3 is 1. The average molecular weight is 267 g/mol. The van der Waals surface area contributed by atoms with Crippen LogP contribution in [-0.4, -0.2) is 32.6 Å². The van der Waals surface area contributed by atoms with E-state index in [2.05, 4.69) is 4.74 Å². The highest BCUT2D eigenvalue weighted by Gasteiger charge is 2.58. The minimum absolute atomic E-state index is 0.000793. The quantitative estimate of drug-likeness (QED) is 0.613. The number of carbonyl (C=O) groups is 2. The van der Waals surface area contributed by atoms with Gasteiger partial charge in [0.2, 0.25) is 0 Å². The summed E-state index contributed by atoms with van der Waals surface area (Å²) in [4.78, 5) is 24.9. The summed E-state index contributed by atoms with van der Waals surface area (Å²) in [6.45, 7) is 1.55. The molecule has 0 N–H and O–H groups in total. The zero-order valence-corrected chi connectivity index (χ0v) is 10.9. The number of nitrogens with zero attached hydrogens (tertiary/aromatic N) is 1. The first-order valence-electron chi connectivity index (χ1n) is 5.79. The van der Waals surface area contributed by atoms with Gasteiger partial charge in [0.15, 0.2) is 0 Å². The minimum atomic E-state index is -2.80. The van der Waals surface area contributed by atoms with Gasteiger partial charge in [0.05, 0.1) is 19.4 Å². The first kappa shape index (κ1) is 13.3. The van der Waals surface area contributed by atoms with Crippen molar-refractivity contribution >= 4 is 17.6 Å². The van der Waals surface area contributed by atoms with Crippen LogP contribution in [0.3, 0.4) is 0 Å². The summed E-state index contributed by atoms with van der Waals surface area (Å²) >= 11 is 0. The van der Waals surface area contributed by atoms with Crippen molar-refractivity contribution in [3.8, 4) is 5.75 Å². The average Bonchev–Trinajstić information content (AvgIpc) is 2.62. The van der Waals surface area contributed by atoms with E-state index in [1.807, 2.05) is 0 Å². The molecule has 0 bridgehead atoms. The third kappa shape index (κ3) is 1.75. The van der Waals surface area contributed by atoms with Crippen LogP contribution in [0.5, 0.6) is 5.75 Å². The zero-order chi connectivity index (χ0) is 14.2. The van der Waals surface area contributed by atoms with E-state index in [0.29, 0.717) is 11.4 Å². The molecule has 6 heteroatoms. The van der Waals surface area contributed by atoms with Crippen LogP contribution < -0.4 is 9.64 Å². The molecule has 5 nitrogen and oxygen atoms in total. The summed E-state index contributed by atoms with van der Waals surface area (Å²) in [6.07, 6.45) is 0. The molecule has 1 atom stereocenters. The van der Waals surface area contributed by atoms with Crippen LogP contribution in [-0.2, 0) is 20.0 Å². The topological polar surface area (TPSA) is 55.8 Å². The molecule has 1 aromatic carbocycles. The number of esters is 1. The van der Waals surface area contributed by atoms with Crippen molar-refractivity contribution in [3.05, 3.63) is 23.8 Å². The van der Waals surface area contributed by atoms with E-state index in [1.54, 1.807) is 13.0 Å². The monoisotopic (exact) mass is 267 g/mol. The van der Waals surface area contributed by atoms with Gasteiger partial charge in [-0.3, -0.25) is 4.79 Å². The fourth-order valence-electron chi connectivity index (χ4n) is 2.09. The normalized spacial score (nSPS) is 21.3. The Hall–Kier alpha value is -2.11. The Bertz CT molecular complexity index is 545. The van der Waals surface area contributed by atoms with Gasteiger partial charge in [-0.1, -0.05) is 0 Å². The molecule has 1 aromatic rings. The van der Waals surface area contributed by atoms with Gasteiger partial charge in [0.1, 0.15) is 5.75 Å². The van der Waals surface area contributed by atoms with Gasteiger partial charge in [0.25, 0.3) is 5.91 Å². The van der Waals surface area contributed by atoms with Gasteiger partial charge in [0, 0.05) is 12.6 Å². The van der Waals surface area contributed by atoms with E-state index < -0.39 is 17.5 Å². The number of anilines is 1. The molecule has 19 heavy (non-hydrogen) atoms. The summed E-state index contributed by atoms with van der Waals surface area (Å²) in [5, 5.41) is 0. The number of amides is 1. The van der Waals surface area contributed by atoms with Crippen LogP contribution in [0, 0.1) is 0 Å². The van der Waals surface area contributed by atoms with Crippen molar-refractivity contribution in [2.75, 3.05) is 25.7 Å². The fraction of sp³-hybridized carbons (Fsp3) is 0.385. The molecule has 1 aliphatic heterocycles. The summed E-state index contributed by atoms with van der Waals surface area (Å²) in [6, 6.07) is 4.47. The van der Waals surface area contributed by atoms with Gasteiger partial charge < -0.3 is 14.4 Å². The number of hydrogen-bond donors (Lipinski definition) is 0. The van der Waals surface area contributed by atoms with Crippen LogP contribution in [0.4, 0.5) is 10.1 Å². The molecular formula is C13H14FNO4. The van der Waals surface area contributed by atoms with Crippen LogP contribution in [0.2, 0.25) is 0 Å². The Labute approximate surface area is 109 Å². The summed E-state index contributed by atoms with van der Waals surface area (Å²) in [7, 11) is 2.83.